The van der Waals surface area contributed by atoms with E-state index in [9.17, 15) is 10.2 Å². The molecule has 3 aliphatic rings. The SMILES string of the molecule is C=C1CCC(O)C/C1=C/C=C1\CCCC2(C)C1CCC2C(C)/C=C/C(C)(O)C(C)C. The summed E-state index contributed by atoms with van der Waals surface area (Å²) in [6.07, 6.45) is 17.6. The molecule has 0 aromatic heterocycles. The Bertz CT molecular complexity index is 723. The summed E-state index contributed by atoms with van der Waals surface area (Å²) in [7, 11) is 0. The van der Waals surface area contributed by atoms with Gasteiger partial charge in [-0.2, -0.15) is 0 Å². The van der Waals surface area contributed by atoms with Crippen molar-refractivity contribution in [2.75, 3.05) is 0 Å². The molecule has 0 bridgehead atoms. The molecular weight excluding hydrogens is 368 g/mol. The van der Waals surface area contributed by atoms with E-state index in [1.54, 1.807) is 5.57 Å². The van der Waals surface area contributed by atoms with Crippen molar-refractivity contribution in [1.82, 2.24) is 0 Å². The van der Waals surface area contributed by atoms with Crippen LogP contribution in [0.5, 0.6) is 0 Å². The van der Waals surface area contributed by atoms with Gasteiger partial charge in [-0.3, -0.25) is 0 Å². The van der Waals surface area contributed by atoms with Gasteiger partial charge in [0.15, 0.2) is 0 Å². The highest BCUT2D eigenvalue weighted by Crippen LogP contribution is 2.59. The molecule has 3 fully saturated rings. The van der Waals surface area contributed by atoms with E-state index < -0.39 is 5.60 Å². The molecule has 3 aliphatic carbocycles. The van der Waals surface area contributed by atoms with Crippen LogP contribution in [0.2, 0.25) is 0 Å². The van der Waals surface area contributed by atoms with Crippen LogP contribution in [-0.4, -0.2) is 21.9 Å². The number of hydrogen-bond acceptors (Lipinski definition) is 2. The molecule has 3 saturated carbocycles. The predicted octanol–water partition coefficient (Wildman–Crippen LogP) is 6.76. The van der Waals surface area contributed by atoms with Gasteiger partial charge in [0.1, 0.15) is 0 Å². The fraction of sp³-hybridized carbons (Fsp3) is 0.714. The zero-order valence-electron chi connectivity index (χ0n) is 20.0. The summed E-state index contributed by atoms with van der Waals surface area (Å²) in [6, 6.07) is 0. The molecule has 0 saturated heterocycles. The van der Waals surface area contributed by atoms with E-state index in [1.165, 1.54) is 43.3 Å². The summed E-state index contributed by atoms with van der Waals surface area (Å²) in [5.74, 6) is 2.04. The Morgan fingerprint density at radius 3 is 2.57 bits per heavy atom. The van der Waals surface area contributed by atoms with Crippen LogP contribution in [0, 0.1) is 29.1 Å². The van der Waals surface area contributed by atoms with Gasteiger partial charge in [-0.15, -0.1) is 0 Å². The van der Waals surface area contributed by atoms with Crippen molar-refractivity contribution >= 4 is 0 Å². The number of allylic oxidation sites excluding steroid dienone is 5. The Morgan fingerprint density at radius 2 is 1.87 bits per heavy atom. The van der Waals surface area contributed by atoms with E-state index >= 15 is 0 Å². The van der Waals surface area contributed by atoms with Crippen LogP contribution in [0.3, 0.4) is 0 Å². The summed E-state index contributed by atoms with van der Waals surface area (Å²) in [6.45, 7) is 15.2. The Morgan fingerprint density at radius 1 is 1.13 bits per heavy atom. The summed E-state index contributed by atoms with van der Waals surface area (Å²) in [5.41, 5.74) is 3.67. The van der Waals surface area contributed by atoms with Gasteiger partial charge in [-0.05, 0) is 93.0 Å². The maximum Gasteiger partial charge on any atom is 0.0822 e. The summed E-state index contributed by atoms with van der Waals surface area (Å²) >= 11 is 0. The monoisotopic (exact) mass is 412 g/mol. The largest absolute Gasteiger partial charge is 0.393 e. The molecular formula is C28H44O2. The van der Waals surface area contributed by atoms with Gasteiger partial charge < -0.3 is 10.2 Å². The number of aliphatic hydroxyl groups is 2. The Balaban J connectivity index is 1.76. The average molecular weight is 413 g/mol. The first-order valence-electron chi connectivity index (χ1n) is 12.2. The summed E-state index contributed by atoms with van der Waals surface area (Å²) in [4.78, 5) is 0. The summed E-state index contributed by atoms with van der Waals surface area (Å²) < 4.78 is 0. The number of rotatable bonds is 5. The molecule has 3 rings (SSSR count). The smallest absolute Gasteiger partial charge is 0.0822 e. The lowest BCUT2D eigenvalue weighted by atomic mass is 9.61. The van der Waals surface area contributed by atoms with Crippen LogP contribution >= 0.6 is 0 Å². The molecule has 0 aliphatic heterocycles. The van der Waals surface area contributed by atoms with Crippen LogP contribution in [0.15, 0.2) is 47.6 Å². The standard InChI is InChI=1S/C28H44O2/c1-19(2)28(6,30)17-15-21(4)25-13-14-26-22(8-7-16-27(25,26)5)10-11-23-18-24(29)12-9-20(23)3/h10-11,15,17,19,21,24-26,29-30H,3,7-9,12-14,16,18H2,1-2,4-6H3/b17-15+,22-10+,23-11-. The Hall–Kier alpha value is -1.12. The molecule has 0 amide bonds. The molecule has 0 aromatic carbocycles. The molecule has 6 unspecified atom stereocenters. The highest BCUT2D eigenvalue weighted by atomic mass is 16.3. The molecule has 168 valence electrons. The molecule has 2 nitrogen and oxygen atoms in total. The van der Waals surface area contributed by atoms with Crippen molar-refractivity contribution in [3.8, 4) is 0 Å². The van der Waals surface area contributed by atoms with Gasteiger partial charge in [0.05, 0.1) is 11.7 Å². The topological polar surface area (TPSA) is 40.5 Å². The van der Waals surface area contributed by atoms with Crippen molar-refractivity contribution in [2.24, 2.45) is 29.1 Å². The lowest BCUT2D eigenvalue weighted by Gasteiger charge is -2.44. The second-order valence-electron chi connectivity index (χ2n) is 11.1. The highest BCUT2D eigenvalue weighted by molar-refractivity contribution is 5.36. The van der Waals surface area contributed by atoms with E-state index in [1.807, 2.05) is 13.0 Å². The molecule has 6 atom stereocenters. The van der Waals surface area contributed by atoms with Gasteiger partial charge in [-0.1, -0.05) is 69.7 Å². The number of aliphatic hydroxyl groups excluding tert-OH is 1. The van der Waals surface area contributed by atoms with Crippen LogP contribution in [0.4, 0.5) is 0 Å². The van der Waals surface area contributed by atoms with Crippen LogP contribution in [0.1, 0.15) is 86.0 Å². The average Bonchev–Trinajstić information content (AvgIpc) is 3.04. The first-order valence-corrected chi connectivity index (χ1v) is 12.2. The first kappa shape index (κ1) is 23.5. The predicted molar refractivity (Wildman–Crippen MR) is 127 cm³/mol. The fourth-order valence-corrected chi connectivity index (χ4v) is 6.21. The maximum atomic E-state index is 10.6. The number of hydrogen-bond donors (Lipinski definition) is 2. The third kappa shape index (κ3) is 4.86. The van der Waals surface area contributed by atoms with E-state index in [0.717, 1.165) is 19.3 Å². The maximum absolute atomic E-state index is 10.6. The Labute approximate surface area is 184 Å². The van der Waals surface area contributed by atoms with Gasteiger partial charge in [0, 0.05) is 0 Å². The van der Waals surface area contributed by atoms with E-state index in [-0.39, 0.29) is 12.0 Å². The van der Waals surface area contributed by atoms with Crippen molar-refractivity contribution in [2.45, 2.75) is 97.7 Å². The quantitative estimate of drug-likeness (QED) is 0.490. The zero-order valence-corrected chi connectivity index (χ0v) is 20.0. The molecule has 0 radical (unpaired) electrons. The minimum atomic E-state index is -0.732. The van der Waals surface area contributed by atoms with Gasteiger partial charge in [0.2, 0.25) is 0 Å². The van der Waals surface area contributed by atoms with Gasteiger partial charge >= 0.3 is 0 Å². The van der Waals surface area contributed by atoms with Crippen LogP contribution in [-0.2, 0) is 0 Å². The highest BCUT2D eigenvalue weighted by Gasteiger charge is 2.50. The van der Waals surface area contributed by atoms with Crippen molar-refractivity contribution in [1.29, 1.82) is 0 Å². The van der Waals surface area contributed by atoms with E-state index in [4.69, 9.17) is 0 Å². The molecule has 2 heteroatoms. The van der Waals surface area contributed by atoms with Gasteiger partial charge in [-0.25, -0.2) is 0 Å². The second kappa shape index (κ2) is 9.17. The lowest BCUT2D eigenvalue weighted by molar-refractivity contribution is 0.0607. The van der Waals surface area contributed by atoms with Crippen molar-refractivity contribution in [3.63, 3.8) is 0 Å². The third-order valence-electron chi connectivity index (χ3n) is 8.77. The first-order chi connectivity index (χ1) is 14.0. The van der Waals surface area contributed by atoms with E-state index in [2.05, 4.69) is 52.5 Å². The Kier molecular flexibility index (Phi) is 7.19. The molecule has 0 spiro atoms. The third-order valence-corrected chi connectivity index (χ3v) is 8.77. The van der Waals surface area contributed by atoms with Crippen molar-refractivity contribution < 1.29 is 10.2 Å². The van der Waals surface area contributed by atoms with Gasteiger partial charge in [0.25, 0.3) is 0 Å². The molecule has 0 aromatic rings. The van der Waals surface area contributed by atoms with E-state index in [0.29, 0.717) is 23.2 Å². The van der Waals surface area contributed by atoms with Crippen LogP contribution in [0.25, 0.3) is 0 Å². The minimum absolute atomic E-state index is 0.205. The zero-order chi connectivity index (χ0) is 22.1. The number of fused-ring (bicyclic) bond motifs is 1. The van der Waals surface area contributed by atoms with Crippen LogP contribution < -0.4 is 0 Å². The molecule has 0 heterocycles. The second-order valence-corrected chi connectivity index (χ2v) is 11.1. The minimum Gasteiger partial charge on any atom is -0.393 e. The lowest BCUT2D eigenvalue weighted by Crippen LogP contribution is -2.36. The van der Waals surface area contributed by atoms with Crippen molar-refractivity contribution in [3.05, 3.63) is 47.6 Å². The normalized spacial score (nSPS) is 38.4. The molecule has 30 heavy (non-hydrogen) atoms. The summed E-state index contributed by atoms with van der Waals surface area (Å²) in [5, 5.41) is 20.7. The fourth-order valence-electron chi connectivity index (χ4n) is 6.21. The molecule has 2 N–H and O–H groups in total.